The molecule has 1 amide bonds. The number of ether oxygens (including phenoxy) is 2. The number of benzene rings is 1. The summed E-state index contributed by atoms with van der Waals surface area (Å²) in [4.78, 5) is 23.6. The number of carbonyl (C=O) groups excluding carboxylic acids is 2. The van der Waals surface area contributed by atoms with Crippen molar-refractivity contribution in [2.24, 2.45) is 0 Å². The Morgan fingerprint density at radius 1 is 1.22 bits per heavy atom. The smallest absolute Gasteiger partial charge is 0.409 e. The van der Waals surface area contributed by atoms with Crippen LogP contribution in [0.2, 0.25) is 0 Å². The molecule has 0 bridgehead atoms. The van der Waals surface area contributed by atoms with Gasteiger partial charge in [0.2, 0.25) is 0 Å². The number of hydrogen-bond acceptors (Lipinski definition) is 4. The Bertz CT molecular complexity index is 414. The van der Waals surface area contributed by atoms with Crippen molar-refractivity contribution in [3.63, 3.8) is 0 Å². The van der Waals surface area contributed by atoms with E-state index in [0.717, 1.165) is 5.56 Å². The first-order valence-electron chi connectivity index (χ1n) is 5.68. The highest BCUT2D eigenvalue weighted by molar-refractivity contribution is 5.69. The molecule has 0 aliphatic rings. The number of hydrogen-bond donors (Lipinski definition) is 0. The van der Waals surface area contributed by atoms with E-state index >= 15 is 0 Å². The molecule has 18 heavy (non-hydrogen) atoms. The molecule has 0 heterocycles. The summed E-state index contributed by atoms with van der Waals surface area (Å²) in [6, 6.07) is 6.82. The van der Waals surface area contributed by atoms with E-state index in [-0.39, 0.29) is 18.7 Å². The molecule has 0 atom stereocenters. The van der Waals surface area contributed by atoms with Gasteiger partial charge in [-0.05, 0) is 24.6 Å². The first kappa shape index (κ1) is 14.0. The third-order valence-electron chi connectivity index (χ3n) is 2.33. The summed E-state index contributed by atoms with van der Waals surface area (Å²) in [5.74, 6) is 0.113. The molecule has 0 N–H and O–H groups in total. The molecule has 5 nitrogen and oxygen atoms in total. The summed E-state index contributed by atoms with van der Waals surface area (Å²) < 4.78 is 9.98. The van der Waals surface area contributed by atoms with E-state index in [0.29, 0.717) is 12.3 Å². The molecule has 1 aromatic rings. The average molecular weight is 251 g/mol. The van der Waals surface area contributed by atoms with Gasteiger partial charge in [0.05, 0.1) is 0 Å². The normalized spacial score (nSPS) is 9.72. The third kappa shape index (κ3) is 4.45. The van der Waals surface area contributed by atoms with Gasteiger partial charge in [-0.2, -0.15) is 0 Å². The van der Waals surface area contributed by atoms with Gasteiger partial charge in [0.15, 0.2) is 0 Å². The maximum Gasteiger partial charge on any atom is 0.409 e. The van der Waals surface area contributed by atoms with Crippen LogP contribution in [0.25, 0.3) is 0 Å². The molecular weight excluding hydrogens is 234 g/mol. The van der Waals surface area contributed by atoms with Gasteiger partial charge in [0, 0.05) is 20.5 Å². The van der Waals surface area contributed by atoms with E-state index in [4.69, 9.17) is 9.47 Å². The Morgan fingerprint density at radius 3 is 2.33 bits per heavy atom. The van der Waals surface area contributed by atoms with Crippen molar-refractivity contribution >= 4 is 12.1 Å². The van der Waals surface area contributed by atoms with Crippen molar-refractivity contribution in [2.45, 2.75) is 20.5 Å². The van der Waals surface area contributed by atoms with Crippen LogP contribution in [0.15, 0.2) is 24.3 Å². The lowest BCUT2D eigenvalue weighted by atomic mass is 10.2. The quantitative estimate of drug-likeness (QED) is 0.608. The lowest BCUT2D eigenvalue weighted by Gasteiger charge is -2.14. The van der Waals surface area contributed by atoms with E-state index < -0.39 is 0 Å². The van der Waals surface area contributed by atoms with Crippen LogP contribution >= 0.6 is 0 Å². The van der Waals surface area contributed by atoms with Crippen LogP contribution in [0.1, 0.15) is 19.4 Å². The van der Waals surface area contributed by atoms with Crippen LogP contribution in [0, 0.1) is 0 Å². The Morgan fingerprint density at radius 2 is 1.83 bits per heavy atom. The molecule has 0 saturated carbocycles. The molecular formula is C13H17NO4. The highest BCUT2D eigenvalue weighted by atomic mass is 16.6. The molecule has 1 aromatic carbocycles. The fraction of sp³-hybridized carbons (Fsp3) is 0.385. The highest BCUT2D eigenvalue weighted by Crippen LogP contribution is 2.13. The minimum absolute atomic E-state index is 0.198. The second-order valence-electron chi connectivity index (χ2n) is 3.81. The van der Waals surface area contributed by atoms with Crippen molar-refractivity contribution in [1.29, 1.82) is 0 Å². The molecule has 1 rings (SSSR count). The molecule has 0 spiro atoms. The fourth-order valence-electron chi connectivity index (χ4n) is 1.20. The molecule has 0 saturated heterocycles. The van der Waals surface area contributed by atoms with Crippen LogP contribution in [0.5, 0.6) is 5.75 Å². The molecule has 5 heteroatoms. The van der Waals surface area contributed by atoms with Crippen LogP contribution < -0.4 is 4.74 Å². The van der Waals surface area contributed by atoms with Crippen LogP contribution in [0.3, 0.4) is 0 Å². The topological polar surface area (TPSA) is 55.8 Å². The minimum Gasteiger partial charge on any atom is -0.445 e. The highest BCUT2D eigenvalue weighted by Gasteiger charge is 2.07. The standard InChI is InChI=1S/C13H17NO4/c1-4-14(3)13(16)17-9-11-5-7-12(8-6-11)18-10(2)15/h5-8H,4,9H2,1-3H3. The molecule has 0 aromatic heterocycles. The number of nitrogens with zero attached hydrogens (tertiary/aromatic N) is 1. The molecule has 98 valence electrons. The summed E-state index contributed by atoms with van der Waals surface area (Å²) >= 11 is 0. The molecule has 0 aliphatic carbocycles. The molecule has 0 fully saturated rings. The van der Waals surface area contributed by atoms with Gasteiger partial charge < -0.3 is 14.4 Å². The maximum atomic E-state index is 11.4. The zero-order valence-corrected chi connectivity index (χ0v) is 10.8. The lowest BCUT2D eigenvalue weighted by Crippen LogP contribution is -2.26. The largest absolute Gasteiger partial charge is 0.445 e. The van der Waals surface area contributed by atoms with Gasteiger partial charge in [0.1, 0.15) is 12.4 Å². The van der Waals surface area contributed by atoms with E-state index in [2.05, 4.69) is 0 Å². The van der Waals surface area contributed by atoms with Crippen LogP contribution in [-0.4, -0.2) is 30.6 Å². The molecule has 0 radical (unpaired) electrons. The predicted octanol–water partition coefficient (Wildman–Crippen LogP) is 2.20. The van der Waals surface area contributed by atoms with Gasteiger partial charge in [-0.3, -0.25) is 4.79 Å². The van der Waals surface area contributed by atoms with Crippen molar-refractivity contribution in [1.82, 2.24) is 4.90 Å². The summed E-state index contributed by atoms with van der Waals surface area (Å²) in [5, 5.41) is 0. The zero-order valence-electron chi connectivity index (χ0n) is 10.8. The minimum atomic E-state index is -0.362. The molecule has 0 unspecified atom stereocenters. The second-order valence-corrected chi connectivity index (χ2v) is 3.81. The van der Waals surface area contributed by atoms with E-state index in [1.54, 1.807) is 31.3 Å². The SMILES string of the molecule is CCN(C)C(=O)OCc1ccc(OC(C)=O)cc1. The average Bonchev–Trinajstić information content (AvgIpc) is 2.36. The summed E-state index contributed by atoms with van der Waals surface area (Å²) in [5.41, 5.74) is 0.837. The Kier molecular flexibility index (Phi) is 5.17. The predicted molar refractivity (Wildman–Crippen MR) is 66.2 cm³/mol. The maximum absolute atomic E-state index is 11.4. The number of carbonyl (C=O) groups is 2. The van der Waals surface area contributed by atoms with Crippen molar-refractivity contribution in [2.75, 3.05) is 13.6 Å². The Hall–Kier alpha value is -2.04. The van der Waals surface area contributed by atoms with Crippen molar-refractivity contribution in [3.05, 3.63) is 29.8 Å². The molecule has 0 aliphatic heterocycles. The van der Waals surface area contributed by atoms with Gasteiger partial charge in [-0.15, -0.1) is 0 Å². The number of esters is 1. The number of amides is 1. The van der Waals surface area contributed by atoms with Crippen LogP contribution in [-0.2, 0) is 16.1 Å². The fourth-order valence-corrected chi connectivity index (χ4v) is 1.20. The zero-order chi connectivity index (χ0) is 13.5. The van der Waals surface area contributed by atoms with Gasteiger partial charge in [-0.1, -0.05) is 12.1 Å². The Balaban J connectivity index is 2.49. The van der Waals surface area contributed by atoms with Gasteiger partial charge in [-0.25, -0.2) is 4.79 Å². The van der Waals surface area contributed by atoms with E-state index in [1.807, 2.05) is 6.92 Å². The van der Waals surface area contributed by atoms with Crippen LogP contribution in [0.4, 0.5) is 4.79 Å². The summed E-state index contributed by atoms with van der Waals surface area (Å²) in [7, 11) is 1.67. The third-order valence-corrected chi connectivity index (χ3v) is 2.33. The monoisotopic (exact) mass is 251 g/mol. The first-order valence-corrected chi connectivity index (χ1v) is 5.68. The summed E-state index contributed by atoms with van der Waals surface area (Å²) in [6.07, 6.45) is -0.360. The van der Waals surface area contributed by atoms with E-state index in [9.17, 15) is 9.59 Å². The number of rotatable bonds is 4. The van der Waals surface area contributed by atoms with Crippen molar-refractivity contribution in [3.8, 4) is 5.75 Å². The van der Waals surface area contributed by atoms with Gasteiger partial charge >= 0.3 is 12.1 Å². The van der Waals surface area contributed by atoms with E-state index in [1.165, 1.54) is 11.8 Å². The van der Waals surface area contributed by atoms with Gasteiger partial charge in [0.25, 0.3) is 0 Å². The lowest BCUT2D eigenvalue weighted by molar-refractivity contribution is -0.131. The Labute approximate surface area is 106 Å². The second kappa shape index (κ2) is 6.64. The van der Waals surface area contributed by atoms with Crippen molar-refractivity contribution < 1.29 is 19.1 Å². The first-order chi connectivity index (χ1) is 8.52. The summed E-state index contributed by atoms with van der Waals surface area (Å²) in [6.45, 7) is 4.01.